The maximum Gasteiger partial charge on any atom is 0.273 e. The lowest BCUT2D eigenvalue weighted by molar-refractivity contribution is 0.0706. The van der Waals surface area contributed by atoms with Gasteiger partial charge in [-0.1, -0.05) is 25.1 Å². The number of carbonyl (C=O) groups excluding carboxylic acids is 1. The number of aromatic nitrogens is 2. The van der Waals surface area contributed by atoms with Crippen molar-refractivity contribution in [3.8, 4) is 28.5 Å². The van der Waals surface area contributed by atoms with Gasteiger partial charge in [-0.05, 0) is 43.2 Å². The van der Waals surface area contributed by atoms with Gasteiger partial charge >= 0.3 is 0 Å². The van der Waals surface area contributed by atoms with E-state index in [-0.39, 0.29) is 24.8 Å². The molecule has 3 N–H and O–H groups in total. The Hall–Kier alpha value is -3.52. The van der Waals surface area contributed by atoms with Crippen LogP contribution >= 0.6 is 0 Å². The van der Waals surface area contributed by atoms with Crippen molar-refractivity contribution in [3.63, 3.8) is 0 Å². The number of aliphatic hydroxyl groups excluding tert-OH is 1. The Morgan fingerprint density at radius 3 is 2.66 bits per heavy atom. The lowest BCUT2D eigenvalue weighted by atomic mass is 9.95. The molecule has 32 heavy (non-hydrogen) atoms. The molecule has 8 nitrogen and oxygen atoms in total. The van der Waals surface area contributed by atoms with E-state index in [1.54, 1.807) is 29.2 Å². The molecule has 1 atom stereocenters. The largest absolute Gasteiger partial charge is 0.507 e. The molecule has 1 amide bonds. The van der Waals surface area contributed by atoms with E-state index in [9.17, 15) is 15.0 Å². The molecule has 1 unspecified atom stereocenters. The number of aromatic hydroxyl groups is 1. The number of hydrogen-bond donors (Lipinski definition) is 3. The summed E-state index contributed by atoms with van der Waals surface area (Å²) in [6.07, 6.45) is 0.872. The van der Waals surface area contributed by atoms with Crippen LogP contribution in [0.1, 0.15) is 47.9 Å². The van der Waals surface area contributed by atoms with Crippen LogP contribution in [0.4, 0.5) is 0 Å². The lowest BCUT2D eigenvalue weighted by Crippen LogP contribution is -2.32. The lowest BCUT2D eigenvalue weighted by Gasteiger charge is -2.26. The maximum absolute atomic E-state index is 13.1. The Kier molecular flexibility index (Phi) is 6.32. The highest BCUT2D eigenvalue weighted by molar-refractivity contribution is 6.00. The number of hydrogen-bond acceptors (Lipinski definition) is 6. The molecule has 3 aromatic rings. The Labute approximate surface area is 186 Å². The van der Waals surface area contributed by atoms with Gasteiger partial charge in [0.1, 0.15) is 17.1 Å². The van der Waals surface area contributed by atoms with Gasteiger partial charge in [0.2, 0.25) is 0 Å². The number of fused-ring (bicyclic) bond motifs is 1. The number of aliphatic hydroxyl groups is 1. The second-order valence-corrected chi connectivity index (χ2v) is 7.49. The minimum absolute atomic E-state index is 0.0759. The van der Waals surface area contributed by atoms with Crippen LogP contribution in [-0.4, -0.2) is 57.6 Å². The monoisotopic (exact) mass is 437 g/mol. The van der Waals surface area contributed by atoms with Crippen molar-refractivity contribution in [2.45, 2.75) is 26.3 Å². The van der Waals surface area contributed by atoms with Gasteiger partial charge in [0.15, 0.2) is 11.5 Å². The van der Waals surface area contributed by atoms with Crippen LogP contribution in [0.5, 0.6) is 17.2 Å². The van der Waals surface area contributed by atoms with Crippen LogP contribution in [0.15, 0.2) is 42.5 Å². The first-order chi connectivity index (χ1) is 15.6. The fourth-order valence-electron chi connectivity index (χ4n) is 4.06. The Balaban J connectivity index is 1.85. The molecule has 0 aliphatic carbocycles. The van der Waals surface area contributed by atoms with Gasteiger partial charge in [-0.25, -0.2) is 0 Å². The molecule has 1 aliphatic rings. The average molecular weight is 437 g/mol. The smallest absolute Gasteiger partial charge is 0.273 e. The molecule has 0 saturated heterocycles. The highest BCUT2D eigenvalue weighted by atomic mass is 16.5. The second kappa shape index (κ2) is 9.32. The van der Waals surface area contributed by atoms with Crippen molar-refractivity contribution >= 4 is 5.91 Å². The first-order valence-corrected chi connectivity index (χ1v) is 10.8. The number of carbonyl (C=O) groups is 1. The van der Waals surface area contributed by atoms with Crippen LogP contribution in [0.2, 0.25) is 0 Å². The third kappa shape index (κ3) is 3.78. The zero-order chi connectivity index (χ0) is 22.7. The zero-order valence-electron chi connectivity index (χ0n) is 18.2. The number of aromatic amines is 1. The van der Waals surface area contributed by atoms with Crippen molar-refractivity contribution in [2.24, 2.45) is 0 Å². The van der Waals surface area contributed by atoms with Crippen LogP contribution in [0, 0.1) is 0 Å². The fourth-order valence-corrected chi connectivity index (χ4v) is 4.06. The van der Waals surface area contributed by atoms with Crippen molar-refractivity contribution < 1.29 is 24.5 Å². The molecule has 168 valence electrons. The number of nitrogens with one attached hydrogen (secondary N) is 1. The summed E-state index contributed by atoms with van der Waals surface area (Å²) in [6.45, 7) is 4.95. The molecule has 2 heterocycles. The quantitative estimate of drug-likeness (QED) is 0.473. The molecule has 0 spiro atoms. The van der Waals surface area contributed by atoms with Gasteiger partial charge in [-0.15, -0.1) is 0 Å². The number of rotatable bonds is 9. The standard InChI is InChI=1S/C24H27N3O5/c1-3-13-32-18-10-9-15(14-19(18)31-4-2)23-20-21(16-7-5-6-8-17(16)29)25-26-22(20)24(30)27(23)11-12-28/h5-10,14,23,28-29H,3-4,11-13H2,1-2H3,(H,25,26). The molecular weight excluding hydrogens is 410 g/mol. The summed E-state index contributed by atoms with van der Waals surface area (Å²) in [4.78, 5) is 14.7. The summed E-state index contributed by atoms with van der Waals surface area (Å²) in [5, 5.41) is 27.2. The number of benzene rings is 2. The molecule has 4 rings (SSSR count). The van der Waals surface area contributed by atoms with Crippen molar-refractivity contribution in [1.29, 1.82) is 0 Å². The molecule has 1 aromatic heterocycles. The van der Waals surface area contributed by atoms with Gasteiger partial charge in [0.05, 0.1) is 25.9 Å². The third-order valence-corrected chi connectivity index (χ3v) is 5.41. The van der Waals surface area contributed by atoms with E-state index in [0.29, 0.717) is 47.2 Å². The summed E-state index contributed by atoms with van der Waals surface area (Å²) < 4.78 is 11.6. The normalized spacial score (nSPS) is 15.2. The molecule has 0 saturated carbocycles. The minimum Gasteiger partial charge on any atom is -0.507 e. The fraction of sp³-hybridized carbons (Fsp3) is 0.333. The van der Waals surface area contributed by atoms with Crippen molar-refractivity contribution in [3.05, 3.63) is 59.3 Å². The first-order valence-electron chi connectivity index (χ1n) is 10.8. The maximum atomic E-state index is 13.1. The summed E-state index contributed by atoms with van der Waals surface area (Å²) in [7, 11) is 0. The van der Waals surface area contributed by atoms with E-state index in [2.05, 4.69) is 10.2 Å². The number of amides is 1. The Morgan fingerprint density at radius 1 is 1.12 bits per heavy atom. The molecule has 0 bridgehead atoms. The number of phenolic OH excluding ortho intramolecular Hbond substituents is 1. The summed E-state index contributed by atoms with van der Waals surface area (Å²) in [5.41, 5.74) is 2.85. The number of nitrogens with zero attached hydrogens (tertiary/aromatic N) is 2. The second-order valence-electron chi connectivity index (χ2n) is 7.49. The zero-order valence-corrected chi connectivity index (χ0v) is 18.2. The van der Waals surface area contributed by atoms with Crippen LogP contribution < -0.4 is 9.47 Å². The van der Waals surface area contributed by atoms with E-state index in [0.717, 1.165) is 12.0 Å². The van der Waals surface area contributed by atoms with Gasteiger partial charge in [-0.2, -0.15) is 5.10 Å². The van der Waals surface area contributed by atoms with E-state index >= 15 is 0 Å². The number of phenols is 1. The van der Waals surface area contributed by atoms with Crippen molar-refractivity contribution in [1.82, 2.24) is 15.1 Å². The van der Waals surface area contributed by atoms with Gasteiger partial charge in [0, 0.05) is 17.7 Å². The molecule has 2 aromatic carbocycles. The topological polar surface area (TPSA) is 108 Å². The van der Waals surface area contributed by atoms with Gasteiger partial charge in [-0.3, -0.25) is 9.89 Å². The molecule has 8 heteroatoms. The third-order valence-electron chi connectivity index (χ3n) is 5.41. The van der Waals surface area contributed by atoms with E-state index in [1.807, 2.05) is 32.0 Å². The minimum atomic E-state index is -0.502. The predicted molar refractivity (Wildman–Crippen MR) is 119 cm³/mol. The summed E-state index contributed by atoms with van der Waals surface area (Å²) in [6, 6.07) is 12.0. The van der Waals surface area contributed by atoms with Crippen LogP contribution in [0.3, 0.4) is 0 Å². The number of β-amino-alcohol motifs (C(OH)–C–C–N with tert-alkyl or cyclic N) is 1. The number of H-pyrrole nitrogens is 1. The van der Waals surface area contributed by atoms with E-state index in [4.69, 9.17) is 9.47 Å². The van der Waals surface area contributed by atoms with Crippen LogP contribution in [0.25, 0.3) is 11.3 Å². The molecule has 1 aliphatic heterocycles. The van der Waals surface area contributed by atoms with Gasteiger partial charge < -0.3 is 24.6 Å². The van der Waals surface area contributed by atoms with Crippen LogP contribution in [-0.2, 0) is 0 Å². The SMILES string of the molecule is CCCOc1ccc(C2c3c(-c4ccccc4O)n[nH]c3C(=O)N2CCO)cc1OCC. The Morgan fingerprint density at radius 2 is 1.94 bits per heavy atom. The summed E-state index contributed by atoms with van der Waals surface area (Å²) >= 11 is 0. The highest BCUT2D eigenvalue weighted by Gasteiger charge is 2.42. The van der Waals surface area contributed by atoms with E-state index < -0.39 is 6.04 Å². The number of ether oxygens (including phenoxy) is 2. The molecular formula is C24H27N3O5. The Bertz CT molecular complexity index is 1110. The molecule has 0 fully saturated rings. The average Bonchev–Trinajstić information content (AvgIpc) is 3.33. The number of para-hydroxylation sites is 1. The van der Waals surface area contributed by atoms with E-state index in [1.165, 1.54) is 0 Å². The first kappa shape index (κ1) is 21.7. The van der Waals surface area contributed by atoms with Gasteiger partial charge in [0.25, 0.3) is 5.91 Å². The molecule has 0 radical (unpaired) electrons. The highest BCUT2D eigenvalue weighted by Crippen LogP contribution is 2.45. The summed E-state index contributed by atoms with van der Waals surface area (Å²) in [5.74, 6) is 1.06. The predicted octanol–water partition coefficient (Wildman–Crippen LogP) is 3.51. The van der Waals surface area contributed by atoms with Crippen molar-refractivity contribution in [2.75, 3.05) is 26.4 Å².